The topological polar surface area (TPSA) is 55.8 Å². The van der Waals surface area contributed by atoms with Crippen molar-refractivity contribution in [2.75, 3.05) is 7.11 Å². The molecule has 0 aliphatic heterocycles. The zero-order chi connectivity index (χ0) is 22.8. The number of hydrogen-bond acceptors (Lipinski definition) is 4. The third kappa shape index (κ3) is 6.83. The highest BCUT2D eigenvalue weighted by molar-refractivity contribution is 5.89. The molecular formula is C28H34O4. The monoisotopic (exact) mass is 434 g/mol. The Kier molecular flexibility index (Phi) is 9.12. The number of carbonyl (C=O) groups excluding carboxylic acids is 1. The fraction of sp³-hybridized carbons (Fsp3) is 0.393. The van der Waals surface area contributed by atoms with Crippen molar-refractivity contribution in [1.82, 2.24) is 0 Å². The lowest BCUT2D eigenvalue weighted by molar-refractivity contribution is 0.0600. The van der Waals surface area contributed by atoms with Crippen molar-refractivity contribution < 1.29 is 19.4 Å². The molecule has 0 aromatic heterocycles. The van der Waals surface area contributed by atoms with E-state index >= 15 is 0 Å². The molecule has 1 unspecified atom stereocenters. The SMILES string of the molecule is CCCCCCCCC(O)c1ccc2ccc(COc3cccc(C(=O)OC)c3)cc2c1. The van der Waals surface area contributed by atoms with Crippen LogP contribution in [0.4, 0.5) is 0 Å². The first-order valence-corrected chi connectivity index (χ1v) is 11.6. The maximum Gasteiger partial charge on any atom is 0.337 e. The molecule has 1 N–H and O–H groups in total. The van der Waals surface area contributed by atoms with E-state index in [1.807, 2.05) is 18.2 Å². The largest absolute Gasteiger partial charge is 0.489 e. The third-order valence-electron chi connectivity index (χ3n) is 5.81. The summed E-state index contributed by atoms with van der Waals surface area (Å²) in [4.78, 5) is 11.7. The van der Waals surface area contributed by atoms with Gasteiger partial charge in [-0.1, -0.05) is 75.8 Å². The molecule has 0 spiro atoms. The van der Waals surface area contributed by atoms with Crippen LogP contribution >= 0.6 is 0 Å². The van der Waals surface area contributed by atoms with E-state index < -0.39 is 6.10 Å². The second-order valence-electron chi connectivity index (χ2n) is 8.32. The van der Waals surface area contributed by atoms with Crippen LogP contribution in [-0.4, -0.2) is 18.2 Å². The number of rotatable bonds is 12. The van der Waals surface area contributed by atoms with E-state index in [4.69, 9.17) is 9.47 Å². The van der Waals surface area contributed by atoms with Crippen molar-refractivity contribution in [3.05, 3.63) is 77.4 Å². The summed E-state index contributed by atoms with van der Waals surface area (Å²) in [7, 11) is 1.36. The molecule has 3 aromatic carbocycles. The van der Waals surface area contributed by atoms with Crippen molar-refractivity contribution >= 4 is 16.7 Å². The Morgan fingerprint density at radius 1 is 0.906 bits per heavy atom. The number of ether oxygens (including phenoxy) is 2. The van der Waals surface area contributed by atoms with Crippen molar-refractivity contribution in [1.29, 1.82) is 0 Å². The van der Waals surface area contributed by atoms with Gasteiger partial charge in [-0.15, -0.1) is 0 Å². The van der Waals surface area contributed by atoms with Gasteiger partial charge in [0.25, 0.3) is 0 Å². The molecule has 0 fully saturated rings. The smallest absolute Gasteiger partial charge is 0.337 e. The molecule has 3 rings (SSSR count). The normalized spacial score (nSPS) is 12.0. The Morgan fingerprint density at radius 2 is 1.69 bits per heavy atom. The molecule has 0 saturated heterocycles. The zero-order valence-corrected chi connectivity index (χ0v) is 19.2. The number of aliphatic hydroxyl groups excluding tert-OH is 1. The fourth-order valence-corrected chi connectivity index (χ4v) is 3.89. The summed E-state index contributed by atoms with van der Waals surface area (Å²) < 4.78 is 10.7. The van der Waals surface area contributed by atoms with E-state index in [-0.39, 0.29) is 5.97 Å². The number of unbranched alkanes of at least 4 members (excludes halogenated alkanes) is 5. The first-order valence-electron chi connectivity index (χ1n) is 11.6. The van der Waals surface area contributed by atoms with Crippen LogP contribution in [0, 0.1) is 0 Å². The standard InChI is InChI=1S/C28H34O4/c1-3-4-5-6-7-8-12-27(29)23-16-15-22-14-13-21(17-25(22)18-23)20-32-26-11-9-10-24(19-26)28(30)31-2/h9-11,13-19,27,29H,3-8,12,20H2,1-2H3. The molecule has 32 heavy (non-hydrogen) atoms. The molecule has 0 saturated carbocycles. The molecule has 4 heteroatoms. The van der Waals surface area contributed by atoms with Crippen LogP contribution in [-0.2, 0) is 11.3 Å². The van der Waals surface area contributed by atoms with E-state index in [1.165, 1.54) is 39.2 Å². The van der Waals surface area contributed by atoms with Gasteiger partial charge in [0, 0.05) is 0 Å². The van der Waals surface area contributed by atoms with E-state index in [0.29, 0.717) is 17.9 Å². The Morgan fingerprint density at radius 3 is 2.50 bits per heavy atom. The van der Waals surface area contributed by atoms with Gasteiger partial charge in [-0.2, -0.15) is 0 Å². The van der Waals surface area contributed by atoms with E-state index in [1.54, 1.807) is 18.2 Å². The first kappa shape index (κ1) is 23.8. The molecule has 0 radical (unpaired) electrons. The lowest BCUT2D eigenvalue weighted by atomic mass is 9.98. The van der Waals surface area contributed by atoms with Crippen LogP contribution in [0.5, 0.6) is 5.75 Å². The van der Waals surface area contributed by atoms with Gasteiger partial charge in [-0.3, -0.25) is 0 Å². The second-order valence-corrected chi connectivity index (χ2v) is 8.32. The summed E-state index contributed by atoms with van der Waals surface area (Å²) in [6, 6.07) is 19.4. The molecule has 4 nitrogen and oxygen atoms in total. The van der Waals surface area contributed by atoms with Gasteiger partial charge >= 0.3 is 5.97 Å². The quantitative estimate of drug-likeness (QED) is 0.246. The van der Waals surface area contributed by atoms with Crippen molar-refractivity contribution in [2.45, 2.75) is 64.6 Å². The first-order chi connectivity index (χ1) is 15.6. The summed E-state index contributed by atoms with van der Waals surface area (Å²) in [5, 5.41) is 12.9. The Balaban J connectivity index is 1.60. The highest BCUT2D eigenvalue weighted by Gasteiger charge is 2.09. The highest BCUT2D eigenvalue weighted by atomic mass is 16.5. The Labute approximate surface area is 191 Å². The van der Waals surface area contributed by atoms with Crippen LogP contribution in [0.1, 0.15) is 79.5 Å². The fourth-order valence-electron chi connectivity index (χ4n) is 3.89. The van der Waals surface area contributed by atoms with Crippen molar-refractivity contribution in [3.63, 3.8) is 0 Å². The molecule has 0 amide bonds. The number of methoxy groups -OCH3 is 1. The summed E-state index contributed by atoms with van der Waals surface area (Å²) in [5.74, 6) is 0.240. The summed E-state index contributed by atoms with van der Waals surface area (Å²) in [5.41, 5.74) is 2.46. The predicted octanol–water partition coefficient (Wildman–Crippen LogP) is 6.99. The summed E-state index contributed by atoms with van der Waals surface area (Å²) >= 11 is 0. The molecule has 3 aromatic rings. The molecule has 0 aliphatic rings. The number of esters is 1. The summed E-state index contributed by atoms with van der Waals surface area (Å²) in [6.07, 6.45) is 7.72. The number of fused-ring (bicyclic) bond motifs is 1. The van der Waals surface area contributed by atoms with Gasteiger partial charge < -0.3 is 14.6 Å². The maximum atomic E-state index is 11.7. The van der Waals surface area contributed by atoms with Gasteiger partial charge in [-0.25, -0.2) is 4.79 Å². The average Bonchev–Trinajstić information content (AvgIpc) is 2.83. The van der Waals surface area contributed by atoms with E-state index in [0.717, 1.165) is 34.7 Å². The van der Waals surface area contributed by atoms with Crippen molar-refractivity contribution in [2.24, 2.45) is 0 Å². The average molecular weight is 435 g/mol. The van der Waals surface area contributed by atoms with Gasteiger partial charge in [0.1, 0.15) is 12.4 Å². The Hall–Kier alpha value is -2.85. The lowest BCUT2D eigenvalue weighted by Gasteiger charge is -2.13. The van der Waals surface area contributed by atoms with Gasteiger partial charge in [0.05, 0.1) is 18.8 Å². The number of hydrogen-bond donors (Lipinski definition) is 1. The van der Waals surface area contributed by atoms with Gasteiger partial charge in [0.2, 0.25) is 0 Å². The van der Waals surface area contributed by atoms with Crippen LogP contribution in [0.3, 0.4) is 0 Å². The minimum atomic E-state index is -0.424. The van der Waals surface area contributed by atoms with Crippen LogP contribution in [0.2, 0.25) is 0 Å². The minimum absolute atomic E-state index is 0.381. The van der Waals surface area contributed by atoms with E-state index in [9.17, 15) is 9.90 Å². The lowest BCUT2D eigenvalue weighted by Crippen LogP contribution is -2.02. The third-order valence-corrected chi connectivity index (χ3v) is 5.81. The zero-order valence-electron chi connectivity index (χ0n) is 19.2. The molecule has 1 atom stereocenters. The van der Waals surface area contributed by atoms with Crippen molar-refractivity contribution in [3.8, 4) is 5.75 Å². The maximum absolute atomic E-state index is 11.7. The molecule has 0 heterocycles. The number of benzene rings is 3. The second kappa shape index (κ2) is 12.3. The van der Waals surface area contributed by atoms with Crippen LogP contribution < -0.4 is 4.74 Å². The molecular weight excluding hydrogens is 400 g/mol. The molecule has 0 aliphatic carbocycles. The molecule has 0 bridgehead atoms. The van der Waals surface area contributed by atoms with Crippen LogP contribution in [0.25, 0.3) is 10.8 Å². The van der Waals surface area contributed by atoms with E-state index in [2.05, 4.69) is 31.2 Å². The highest BCUT2D eigenvalue weighted by Crippen LogP contribution is 2.26. The Bertz CT molecular complexity index is 1010. The summed E-state index contributed by atoms with van der Waals surface area (Å²) in [6.45, 7) is 2.62. The number of aliphatic hydroxyl groups is 1. The molecule has 170 valence electrons. The predicted molar refractivity (Wildman–Crippen MR) is 129 cm³/mol. The van der Waals surface area contributed by atoms with Gasteiger partial charge in [-0.05, 0) is 58.7 Å². The number of carbonyl (C=O) groups is 1. The van der Waals surface area contributed by atoms with Gasteiger partial charge in [0.15, 0.2) is 0 Å². The van der Waals surface area contributed by atoms with Crippen LogP contribution in [0.15, 0.2) is 60.7 Å². The minimum Gasteiger partial charge on any atom is -0.489 e.